The minimum Gasteiger partial charge on any atom is -0.493 e. The van der Waals surface area contributed by atoms with Crippen molar-refractivity contribution in [2.75, 3.05) is 20.3 Å². The maximum absolute atomic E-state index is 12.0. The van der Waals surface area contributed by atoms with Crippen LogP contribution in [0.2, 0.25) is 0 Å². The number of nitrogens with zero attached hydrogens (tertiary/aromatic N) is 1. The molecule has 0 N–H and O–H groups in total. The topological polar surface area (TPSA) is 96.6 Å². The minimum absolute atomic E-state index is 0.109. The Bertz CT molecular complexity index is 897. The maximum atomic E-state index is 12.0. The van der Waals surface area contributed by atoms with Gasteiger partial charge in [-0.25, -0.2) is 14.6 Å². The third kappa shape index (κ3) is 4.35. The lowest BCUT2D eigenvalue weighted by molar-refractivity contribution is -0.145. The molecule has 3 rings (SSSR count). The normalized spacial score (nSPS) is 14.7. The van der Waals surface area contributed by atoms with Gasteiger partial charge in [0, 0.05) is 0 Å². The van der Waals surface area contributed by atoms with E-state index in [-0.39, 0.29) is 24.8 Å². The molecule has 1 aliphatic heterocycles. The summed E-state index contributed by atoms with van der Waals surface area (Å²) in [5.74, 6) is 0.198. The molecule has 0 saturated carbocycles. The SMILES string of the molecule is CCOC(=O)COc1ccc(/C=C2/N=C(c3ccco3)OC2=O)cc1OC. The molecule has 0 saturated heterocycles. The summed E-state index contributed by atoms with van der Waals surface area (Å²) < 4.78 is 25.8. The molecule has 1 aromatic carbocycles. The molecule has 27 heavy (non-hydrogen) atoms. The van der Waals surface area contributed by atoms with E-state index in [0.29, 0.717) is 22.8 Å². The van der Waals surface area contributed by atoms with Crippen molar-refractivity contribution in [1.29, 1.82) is 0 Å². The highest BCUT2D eigenvalue weighted by atomic mass is 16.6. The van der Waals surface area contributed by atoms with E-state index in [9.17, 15) is 9.59 Å². The van der Waals surface area contributed by atoms with E-state index < -0.39 is 11.9 Å². The maximum Gasteiger partial charge on any atom is 0.363 e. The summed E-state index contributed by atoms with van der Waals surface area (Å²) in [7, 11) is 1.47. The van der Waals surface area contributed by atoms with E-state index in [2.05, 4.69) is 4.99 Å². The van der Waals surface area contributed by atoms with Crippen LogP contribution in [0.4, 0.5) is 0 Å². The second-order valence-electron chi connectivity index (χ2n) is 5.32. The second-order valence-corrected chi connectivity index (χ2v) is 5.32. The molecule has 0 unspecified atom stereocenters. The van der Waals surface area contributed by atoms with Crippen molar-refractivity contribution in [3.05, 3.63) is 53.6 Å². The van der Waals surface area contributed by atoms with E-state index in [4.69, 9.17) is 23.4 Å². The Balaban J connectivity index is 1.78. The van der Waals surface area contributed by atoms with E-state index >= 15 is 0 Å². The van der Waals surface area contributed by atoms with Crippen LogP contribution in [0.15, 0.2) is 51.7 Å². The second kappa shape index (κ2) is 8.22. The average molecular weight is 371 g/mol. The molecule has 8 nitrogen and oxygen atoms in total. The van der Waals surface area contributed by atoms with Gasteiger partial charge >= 0.3 is 11.9 Å². The molecule has 140 valence electrons. The average Bonchev–Trinajstić information content (AvgIpc) is 3.31. The van der Waals surface area contributed by atoms with Gasteiger partial charge < -0.3 is 23.4 Å². The lowest BCUT2D eigenvalue weighted by atomic mass is 10.1. The van der Waals surface area contributed by atoms with Crippen LogP contribution in [-0.4, -0.2) is 38.2 Å². The summed E-state index contributed by atoms with van der Waals surface area (Å²) in [5.41, 5.74) is 0.773. The molecular formula is C19H17NO7. The largest absolute Gasteiger partial charge is 0.493 e. The van der Waals surface area contributed by atoms with Crippen LogP contribution in [0, 0.1) is 0 Å². The van der Waals surface area contributed by atoms with E-state index in [1.54, 1.807) is 43.3 Å². The van der Waals surface area contributed by atoms with Crippen LogP contribution in [0.3, 0.4) is 0 Å². The Hall–Kier alpha value is -3.55. The monoisotopic (exact) mass is 371 g/mol. The Morgan fingerprint density at radius 1 is 1.26 bits per heavy atom. The van der Waals surface area contributed by atoms with Crippen LogP contribution >= 0.6 is 0 Å². The number of hydrogen-bond donors (Lipinski definition) is 0. The van der Waals surface area contributed by atoms with Gasteiger partial charge in [-0.05, 0) is 42.8 Å². The van der Waals surface area contributed by atoms with Crippen molar-refractivity contribution in [1.82, 2.24) is 0 Å². The molecule has 0 amide bonds. The smallest absolute Gasteiger partial charge is 0.363 e. The fourth-order valence-corrected chi connectivity index (χ4v) is 2.31. The molecular weight excluding hydrogens is 354 g/mol. The van der Waals surface area contributed by atoms with Gasteiger partial charge in [0.25, 0.3) is 5.90 Å². The number of benzene rings is 1. The highest BCUT2D eigenvalue weighted by Gasteiger charge is 2.25. The zero-order chi connectivity index (χ0) is 19.2. The van der Waals surface area contributed by atoms with Crippen LogP contribution in [0.5, 0.6) is 11.5 Å². The quantitative estimate of drug-likeness (QED) is 0.545. The number of ether oxygens (including phenoxy) is 4. The van der Waals surface area contributed by atoms with Crippen molar-refractivity contribution >= 4 is 23.9 Å². The third-order valence-electron chi connectivity index (χ3n) is 3.49. The Labute approximate surface area is 155 Å². The van der Waals surface area contributed by atoms with E-state index in [1.807, 2.05) is 0 Å². The first-order chi connectivity index (χ1) is 13.1. The molecule has 0 atom stereocenters. The molecule has 0 fully saturated rings. The van der Waals surface area contributed by atoms with E-state index in [1.165, 1.54) is 13.4 Å². The van der Waals surface area contributed by atoms with Gasteiger partial charge in [0.2, 0.25) is 0 Å². The van der Waals surface area contributed by atoms with Crippen molar-refractivity contribution in [3.8, 4) is 11.5 Å². The van der Waals surface area contributed by atoms with Gasteiger partial charge in [-0.15, -0.1) is 0 Å². The van der Waals surface area contributed by atoms with Crippen LogP contribution in [0.1, 0.15) is 18.2 Å². The number of aliphatic imine (C=N–C) groups is 1. The van der Waals surface area contributed by atoms with Crippen molar-refractivity contribution in [2.24, 2.45) is 4.99 Å². The number of cyclic esters (lactones) is 1. The van der Waals surface area contributed by atoms with E-state index in [0.717, 1.165) is 0 Å². The predicted octanol–water partition coefficient (Wildman–Crippen LogP) is 2.57. The lowest BCUT2D eigenvalue weighted by Crippen LogP contribution is -2.14. The summed E-state index contributed by atoms with van der Waals surface area (Å²) in [6, 6.07) is 8.30. The molecule has 1 aliphatic rings. The molecule has 0 aliphatic carbocycles. The summed E-state index contributed by atoms with van der Waals surface area (Å²) in [4.78, 5) is 27.5. The molecule has 2 aromatic rings. The molecule has 8 heteroatoms. The lowest BCUT2D eigenvalue weighted by Gasteiger charge is -2.10. The summed E-state index contributed by atoms with van der Waals surface area (Å²) >= 11 is 0. The van der Waals surface area contributed by atoms with Gasteiger partial charge in [-0.1, -0.05) is 6.07 Å². The number of methoxy groups -OCH3 is 1. The zero-order valence-electron chi connectivity index (χ0n) is 14.8. The Morgan fingerprint density at radius 3 is 2.81 bits per heavy atom. The number of rotatable bonds is 7. The minimum atomic E-state index is -0.581. The summed E-state index contributed by atoms with van der Waals surface area (Å²) in [6.45, 7) is 1.77. The molecule has 1 aromatic heterocycles. The molecule has 0 bridgehead atoms. The highest BCUT2D eigenvalue weighted by molar-refractivity contribution is 6.11. The number of carbonyl (C=O) groups is 2. The predicted molar refractivity (Wildman–Crippen MR) is 94.4 cm³/mol. The van der Waals surface area contributed by atoms with Crippen molar-refractivity contribution in [3.63, 3.8) is 0 Å². The van der Waals surface area contributed by atoms with Gasteiger partial charge in [0.1, 0.15) is 0 Å². The number of hydrogen-bond acceptors (Lipinski definition) is 8. The van der Waals surface area contributed by atoms with Crippen LogP contribution in [-0.2, 0) is 19.1 Å². The van der Waals surface area contributed by atoms with Crippen molar-refractivity contribution < 1.29 is 33.0 Å². The van der Waals surface area contributed by atoms with Gasteiger partial charge in [-0.2, -0.15) is 0 Å². The van der Waals surface area contributed by atoms with Crippen LogP contribution in [0.25, 0.3) is 6.08 Å². The first-order valence-electron chi connectivity index (χ1n) is 8.13. The highest BCUT2D eigenvalue weighted by Crippen LogP contribution is 2.29. The summed E-state index contributed by atoms with van der Waals surface area (Å²) in [5, 5.41) is 0. The fourth-order valence-electron chi connectivity index (χ4n) is 2.31. The number of carbonyl (C=O) groups excluding carboxylic acids is 2. The van der Waals surface area contributed by atoms with Crippen LogP contribution < -0.4 is 9.47 Å². The van der Waals surface area contributed by atoms with Crippen molar-refractivity contribution in [2.45, 2.75) is 6.92 Å². The zero-order valence-corrected chi connectivity index (χ0v) is 14.8. The Kier molecular flexibility index (Phi) is 5.55. The Morgan fingerprint density at radius 2 is 2.11 bits per heavy atom. The standard InChI is InChI=1S/C19H17NO7/c1-3-24-17(21)11-26-14-7-6-12(10-16(14)23-2)9-13-19(22)27-18(20-13)15-5-4-8-25-15/h4-10H,3,11H2,1-2H3/b13-9+. The van der Waals surface area contributed by atoms with Gasteiger partial charge in [0.15, 0.2) is 29.6 Å². The first kappa shape index (κ1) is 18.2. The van der Waals surface area contributed by atoms with Gasteiger partial charge in [0.05, 0.1) is 20.0 Å². The molecule has 0 radical (unpaired) electrons. The fraction of sp³-hybridized carbons (Fsp3) is 0.211. The third-order valence-corrected chi connectivity index (χ3v) is 3.49. The molecule has 0 spiro atoms. The number of furan rings is 1. The van der Waals surface area contributed by atoms with Gasteiger partial charge in [-0.3, -0.25) is 0 Å². The molecule has 2 heterocycles. The first-order valence-corrected chi connectivity index (χ1v) is 8.13. The summed E-state index contributed by atoms with van der Waals surface area (Å²) in [6.07, 6.45) is 3.02. The number of esters is 2.